The summed E-state index contributed by atoms with van der Waals surface area (Å²) in [6.45, 7) is 7.10. The van der Waals surface area contributed by atoms with Crippen LogP contribution in [-0.4, -0.2) is 33.0 Å². The van der Waals surface area contributed by atoms with Gasteiger partial charge >= 0.3 is 0 Å². The van der Waals surface area contributed by atoms with Crippen LogP contribution in [0.15, 0.2) is 18.2 Å². The van der Waals surface area contributed by atoms with Crippen molar-refractivity contribution in [3.63, 3.8) is 0 Å². The van der Waals surface area contributed by atoms with Gasteiger partial charge in [0.25, 0.3) is 0 Å². The van der Waals surface area contributed by atoms with E-state index in [1.165, 1.54) is 22.9 Å². The van der Waals surface area contributed by atoms with Crippen LogP contribution in [0, 0.1) is 13.8 Å². The molecular weight excluding hydrogens is 258 g/mol. The third kappa shape index (κ3) is 6.21. The average molecular weight is 283 g/mol. The van der Waals surface area contributed by atoms with Gasteiger partial charge in [0.1, 0.15) is 9.84 Å². The lowest BCUT2D eigenvalue weighted by molar-refractivity contribution is 0.505. The lowest BCUT2D eigenvalue weighted by Crippen LogP contribution is -2.33. The first-order valence-electron chi connectivity index (χ1n) is 6.79. The Hall–Kier alpha value is -0.870. The van der Waals surface area contributed by atoms with Gasteiger partial charge in [-0.05, 0) is 44.4 Å². The summed E-state index contributed by atoms with van der Waals surface area (Å²) >= 11 is 0. The van der Waals surface area contributed by atoms with Crippen LogP contribution in [0.2, 0.25) is 0 Å². The first-order valence-corrected chi connectivity index (χ1v) is 8.85. The second-order valence-electron chi connectivity index (χ2n) is 5.31. The van der Waals surface area contributed by atoms with Crippen LogP contribution < -0.4 is 5.32 Å². The van der Waals surface area contributed by atoms with E-state index in [9.17, 15) is 8.42 Å². The molecule has 108 valence electrons. The van der Waals surface area contributed by atoms with Crippen molar-refractivity contribution in [2.24, 2.45) is 0 Å². The van der Waals surface area contributed by atoms with Crippen LogP contribution in [0.3, 0.4) is 0 Å². The Kier molecular flexibility index (Phi) is 6.01. The number of sulfone groups is 1. The van der Waals surface area contributed by atoms with Gasteiger partial charge in [-0.3, -0.25) is 0 Å². The number of aryl methyl sites for hydroxylation is 2. The van der Waals surface area contributed by atoms with E-state index in [2.05, 4.69) is 44.3 Å². The predicted molar refractivity (Wildman–Crippen MR) is 81.4 cm³/mol. The topological polar surface area (TPSA) is 46.2 Å². The summed E-state index contributed by atoms with van der Waals surface area (Å²) in [5.41, 5.74) is 3.83. The highest BCUT2D eigenvalue weighted by molar-refractivity contribution is 7.90. The van der Waals surface area contributed by atoms with Crippen molar-refractivity contribution >= 4 is 9.84 Å². The molecule has 1 aromatic carbocycles. The van der Waals surface area contributed by atoms with E-state index in [1.807, 2.05) is 0 Å². The largest absolute Gasteiger partial charge is 0.314 e. The maximum absolute atomic E-state index is 11.3. The van der Waals surface area contributed by atoms with Crippen molar-refractivity contribution in [2.45, 2.75) is 39.7 Å². The molecule has 3 nitrogen and oxygen atoms in total. The second kappa shape index (κ2) is 7.06. The van der Waals surface area contributed by atoms with E-state index < -0.39 is 9.84 Å². The van der Waals surface area contributed by atoms with Crippen molar-refractivity contribution < 1.29 is 8.42 Å². The highest BCUT2D eigenvalue weighted by Crippen LogP contribution is 2.14. The Morgan fingerprint density at radius 3 is 2.53 bits per heavy atom. The van der Waals surface area contributed by atoms with Crippen molar-refractivity contribution in [3.05, 3.63) is 34.9 Å². The summed E-state index contributed by atoms with van der Waals surface area (Å²) in [5, 5.41) is 3.39. The first-order chi connectivity index (χ1) is 8.81. The first kappa shape index (κ1) is 16.2. The zero-order chi connectivity index (χ0) is 14.5. The zero-order valence-corrected chi connectivity index (χ0v) is 13.2. The monoisotopic (exact) mass is 283 g/mol. The molecule has 1 atom stereocenters. The van der Waals surface area contributed by atoms with E-state index >= 15 is 0 Å². The standard InChI is InChI=1S/C15H25NO2S/c1-5-16-15(8-9-19(4,17)18)11-14-10-12(2)6-7-13(14)3/h6-7,10,15-16H,5,8-9,11H2,1-4H3. The fraction of sp³-hybridized carbons (Fsp3) is 0.600. The normalized spacial score (nSPS) is 13.5. The number of hydrogen-bond acceptors (Lipinski definition) is 3. The van der Waals surface area contributed by atoms with E-state index in [1.54, 1.807) is 0 Å². The van der Waals surface area contributed by atoms with E-state index in [0.717, 1.165) is 13.0 Å². The van der Waals surface area contributed by atoms with E-state index in [0.29, 0.717) is 6.42 Å². The van der Waals surface area contributed by atoms with Gasteiger partial charge < -0.3 is 5.32 Å². The molecule has 0 bridgehead atoms. The minimum Gasteiger partial charge on any atom is -0.314 e. The Balaban J connectivity index is 2.74. The van der Waals surface area contributed by atoms with Gasteiger partial charge in [-0.15, -0.1) is 0 Å². The number of nitrogens with one attached hydrogen (secondary N) is 1. The summed E-state index contributed by atoms with van der Waals surface area (Å²) in [4.78, 5) is 0. The minimum absolute atomic E-state index is 0.222. The van der Waals surface area contributed by atoms with Gasteiger partial charge in [0, 0.05) is 12.3 Å². The van der Waals surface area contributed by atoms with Gasteiger partial charge in [-0.1, -0.05) is 30.7 Å². The Morgan fingerprint density at radius 1 is 1.26 bits per heavy atom. The molecule has 0 saturated heterocycles. The summed E-state index contributed by atoms with van der Waals surface area (Å²) < 4.78 is 22.6. The molecule has 1 unspecified atom stereocenters. The SMILES string of the molecule is CCNC(CCS(C)(=O)=O)Cc1cc(C)ccc1C. The maximum atomic E-state index is 11.3. The molecule has 0 aliphatic heterocycles. The predicted octanol–water partition coefficient (Wildman–Crippen LogP) is 2.26. The Labute approximate surface area is 117 Å². The summed E-state index contributed by atoms with van der Waals surface area (Å²) in [5.74, 6) is 0.246. The van der Waals surface area contributed by atoms with Gasteiger partial charge in [-0.25, -0.2) is 8.42 Å². The van der Waals surface area contributed by atoms with E-state index in [4.69, 9.17) is 0 Å². The molecule has 1 N–H and O–H groups in total. The van der Waals surface area contributed by atoms with E-state index in [-0.39, 0.29) is 11.8 Å². The van der Waals surface area contributed by atoms with Gasteiger partial charge in [-0.2, -0.15) is 0 Å². The van der Waals surface area contributed by atoms with Crippen LogP contribution in [0.4, 0.5) is 0 Å². The molecule has 1 rings (SSSR count). The molecule has 0 saturated carbocycles. The summed E-state index contributed by atoms with van der Waals surface area (Å²) in [6.07, 6.45) is 2.85. The van der Waals surface area contributed by atoms with Crippen LogP contribution in [-0.2, 0) is 16.3 Å². The van der Waals surface area contributed by atoms with Crippen molar-refractivity contribution in [1.29, 1.82) is 0 Å². The second-order valence-corrected chi connectivity index (χ2v) is 7.57. The molecule has 19 heavy (non-hydrogen) atoms. The summed E-state index contributed by atoms with van der Waals surface area (Å²) in [7, 11) is -2.89. The van der Waals surface area contributed by atoms with Gasteiger partial charge in [0.15, 0.2) is 0 Å². The number of hydrogen-bond donors (Lipinski definition) is 1. The maximum Gasteiger partial charge on any atom is 0.147 e. The van der Waals surface area contributed by atoms with Gasteiger partial charge in [0.05, 0.1) is 5.75 Å². The van der Waals surface area contributed by atoms with Crippen molar-refractivity contribution in [2.75, 3.05) is 18.6 Å². The minimum atomic E-state index is -2.89. The lowest BCUT2D eigenvalue weighted by Gasteiger charge is -2.19. The molecular formula is C15H25NO2S. The van der Waals surface area contributed by atoms with Crippen LogP contribution in [0.25, 0.3) is 0 Å². The Bertz CT molecular complexity index is 509. The number of benzene rings is 1. The molecule has 0 aromatic heterocycles. The smallest absolute Gasteiger partial charge is 0.147 e. The zero-order valence-electron chi connectivity index (χ0n) is 12.4. The van der Waals surface area contributed by atoms with Crippen LogP contribution in [0.5, 0.6) is 0 Å². The number of likely N-dealkylation sites (N-methyl/N-ethyl adjacent to an activating group) is 1. The fourth-order valence-electron chi connectivity index (χ4n) is 2.21. The molecule has 4 heteroatoms. The highest BCUT2D eigenvalue weighted by atomic mass is 32.2. The molecule has 0 heterocycles. The quantitative estimate of drug-likeness (QED) is 0.835. The molecule has 0 amide bonds. The Morgan fingerprint density at radius 2 is 1.95 bits per heavy atom. The molecule has 0 aliphatic carbocycles. The average Bonchev–Trinajstić information content (AvgIpc) is 2.30. The molecule has 0 spiro atoms. The molecule has 0 aliphatic rings. The summed E-state index contributed by atoms with van der Waals surface area (Å²) in [6, 6.07) is 6.65. The molecule has 1 aromatic rings. The highest BCUT2D eigenvalue weighted by Gasteiger charge is 2.13. The fourth-order valence-corrected chi connectivity index (χ4v) is 2.92. The van der Waals surface area contributed by atoms with Crippen molar-refractivity contribution in [3.8, 4) is 0 Å². The number of rotatable bonds is 7. The van der Waals surface area contributed by atoms with Gasteiger partial charge in [0.2, 0.25) is 0 Å². The van der Waals surface area contributed by atoms with Crippen molar-refractivity contribution in [1.82, 2.24) is 5.32 Å². The molecule has 0 fully saturated rings. The van der Waals surface area contributed by atoms with Crippen LogP contribution in [0.1, 0.15) is 30.0 Å². The lowest BCUT2D eigenvalue weighted by atomic mass is 9.98. The third-order valence-corrected chi connectivity index (χ3v) is 4.28. The molecule has 0 radical (unpaired) electrons. The third-order valence-electron chi connectivity index (χ3n) is 3.30. The van der Waals surface area contributed by atoms with Crippen LogP contribution >= 0.6 is 0 Å².